The molecule has 86 valence electrons. The molecule has 1 aromatic heterocycles. The van der Waals surface area contributed by atoms with Crippen molar-refractivity contribution in [3.63, 3.8) is 0 Å². The molecular formula is C10H14N4O2. The topological polar surface area (TPSA) is 76.5 Å². The van der Waals surface area contributed by atoms with Gasteiger partial charge in [0, 0.05) is 11.9 Å². The molecule has 0 spiro atoms. The van der Waals surface area contributed by atoms with Gasteiger partial charge < -0.3 is 4.74 Å². The maximum absolute atomic E-state index is 11.1. The Kier molecular flexibility index (Phi) is 4.91. The number of hydrogen-bond donors (Lipinski definition) is 1. The summed E-state index contributed by atoms with van der Waals surface area (Å²) in [6.07, 6.45) is 1.74. The average molecular weight is 222 g/mol. The van der Waals surface area contributed by atoms with E-state index in [-0.39, 0.29) is 12.4 Å². The van der Waals surface area contributed by atoms with E-state index in [1.807, 2.05) is 0 Å². The highest BCUT2D eigenvalue weighted by Crippen LogP contribution is 1.98. The van der Waals surface area contributed by atoms with Gasteiger partial charge in [-0.1, -0.05) is 0 Å². The largest absolute Gasteiger partial charge is 0.466 e. The van der Waals surface area contributed by atoms with Gasteiger partial charge in [-0.3, -0.25) is 10.2 Å². The third-order valence-electron chi connectivity index (χ3n) is 1.64. The van der Waals surface area contributed by atoms with Gasteiger partial charge in [-0.2, -0.15) is 10.2 Å². The highest BCUT2D eigenvalue weighted by molar-refractivity contribution is 5.97. The third kappa shape index (κ3) is 4.50. The van der Waals surface area contributed by atoms with Crippen molar-refractivity contribution >= 4 is 17.5 Å². The second-order valence-electron chi connectivity index (χ2n) is 3.05. The summed E-state index contributed by atoms with van der Waals surface area (Å²) in [6, 6.07) is 3.47. The van der Waals surface area contributed by atoms with E-state index in [0.29, 0.717) is 18.1 Å². The predicted molar refractivity (Wildman–Crippen MR) is 60.0 cm³/mol. The van der Waals surface area contributed by atoms with Crippen molar-refractivity contribution in [2.75, 3.05) is 12.0 Å². The minimum Gasteiger partial charge on any atom is -0.466 e. The van der Waals surface area contributed by atoms with Crippen molar-refractivity contribution in [1.82, 2.24) is 10.2 Å². The molecule has 0 amide bonds. The Morgan fingerprint density at radius 2 is 2.44 bits per heavy atom. The number of carbonyl (C=O) groups excluding carboxylic acids is 1. The number of aromatic nitrogens is 2. The van der Waals surface area contributed by atoms with Gasteiger partial charge in [0.1, 0.15) is 0 Å². The fraction of sp³-hybridized carbons (Fsp3) is 0.400. The van der Waals surface area contributed by atoms with Crippen molar-refractivity contribution in [3.8, 4) is 0 Å². The minimum atomic E-state index is -0.287. The molecule has 0 atom stereocenters. The number of ether oxygens (including phenoxy) is 1. The number of esters is 1. The van der Waals surface area contributed by atoms with Crippen molar-refractivity contribution in [2.45, 2.75) is 20.3 Å². The molecule has 6 heteroatoms. The lowest BCUT2D eigenvalue weighted by Crippen LogP contribution is -2.10. The molecule has 0 radical (unpaired) electrons. The summed E-state index contributed by atoms with van der Waals surface area (Å²) in [5.74, 6) is 0.246. The van der Waals surface area contributed by atoms with E-state index >= 15 is 0 Å². The van der Waals surface area contributed by atoms with Crippen LogP contribution in [-0.4, -0.2) is 28.5 Å². The molecule has 0 aromatic carbocycles. The molecule has 0 saturated carbocycles. The highest BCUT2D eigenvalue weighted by Gasteiger charge is 2.03. The van der Waals surface area contributed by atoms with E-state index in [4.69, 9.17) is 4.74 Å². The zero-order valence-electron chi connectivity index (χ0n) is 9.30. The summed E-state index contributed by atoms with van der Waals surface area (Å²) in [4.78, 5) is 11.1. The van der Waals surface area contributed by atoms with Crippen LogP contribution in [0.3, 0.4) is 0 Å². The molecular weight excluding hydrogens is 208 g/mol. The number of hydrogen-bond acceptors (Lipinski definition) is 6. The fourth-order valence-corrected chi connectivity index (χ4v) is 0.974. The molecule has 0 aliphatic heterocycles. The van der Waals surface area contributed by atoms with Crippen LogP contribution in [0, 0.1) is 0 Å². The number of carbonyl (C=O) groups is 1. The molecule has 0 unspecified atom stereocenters. The molecule has 0 fully saturated rings. The second kappa shape index (κ2) is 6.49. The minimum absolute atomic E-state index is 0.168. The first-order valence-corrected chi connectivity index (χ1v) is 4.95. The van der Waals surface area contributed by atoms with Gasteiger partial charge in [0.2, 0.25) is 0 Å². The number of nitrogens with one attached hydrogen (secondary N) is 1. The van der Waals surface area contributed by atoms with Crippen LogP contribution in [0.5, 0.6) is 0 Å². The van der Waals surface area contributed by atoms with Crippen LogP contribution < -0.4 is 5.43 Å². The quantitative estimate of drug-likeness (QED) is 0.460. The first kappa shape index (κ1) is 12.1. The lowest BCUT2D eigenvalue weighted by Gasteiger charge is -2.02. The fourth-order valence-electron chi connectivity index (χ4n) is 0.974. The highest BCUT2D eigenvalue weighted by atomic mass is 16.5. The first-order chi connectivity index (χ1) is 7.72. The van der Waals surface area contributed by atoms with Gasteiger partial charge in [-0.05, 0) is 26.0 Å². The molecule has 0 bridgehead atoms. The Labute approximate surface area is 93.7 Å². The SMILES string of the molecule is CCOC(=O)CC(C)=NNc1cccnn1. The maximum atomic E-state index is 11.1. The zero-order valence-corrected chi connectivity index (χ0v) is 9.30. The van der Waals surface area contributed by atoms with Gasteiger partial charge >= 0.3 is 5.97 Å². The normalized spacial score (nSPS) is 11.0. The van der Waals surface area contributed by atoms with E-state index in [9.17, 15) is 4.79 Å². The van der Waals surface area contributed by atoms with E-state index in [1.54, 1.807) is 32.2 Å². The lowest BCUT2D eigenvalue weighted by molar-refractivity contribution is -0.141. The van der Waals surface area contributed by atoms with E-state index in [1.165, 1.54) is 0 Å². The van der Waals surface area contributed by atoms with E-state index in [0.717, 1.165) is 0 Å². The van der Waals surface area contributed by atoms with Crippen LogP contribution in [0.4, 0.5) is 5.82 Å². The number of hydrazone groups is 1. The first-order valence-electron chi connectivity index (χ1n) is 4.95. The van der Waals surface area contributed by atoms with Gasteiger partial charge in [0.15, 0.2) is 5.82 Å². The van der Waals surface area contributed by atoms with Crippen LogP contribution in [0.25, 0.3) is 0 Å². The van der Waals surface area contributed by atoms with Gasteiger partial charge in [-0.15, -0.1) is 5.10 Å². The molecule has 6 nitrogen and oxygen atoms in total. The molecule has 0 saturated heterocycles. The van der Waals surface area contributed by atoms with Gasteiger partial charge in [0.05, 0.1) is 13.0 Å². The van der Waals surface area contributed by atoms with Crippen LogP contribution in [0.1, 0.15) is 20.3 Å². The Morgan fingerprint density at radius 3 is 3.06 bits per heavy atom. The van der Waals surface area contributed by atoms with Crippen LogP contribution in [0.15, 0.2) is 23.4 Å². The third-order valence-corrected chi connectivity index (χ3v) is 1.64. The predicted octanol–water partition coefficient (Wildman–Crippen LogP) is 1.22. The van der Waals surface area contributed by atoms with Crippen molar-refractivity contribution in [2.24, 2.45) is 5.10 Å². The van der Waals surface area contributed by atoms with Crippen LogP contribution in [-0.2, 0) is 9.53 Å². The molecule has 1 aromatic rings. The van der Waals surface area contributed by atoms with Crippen molar-refractivity contribution < 1.29 is 9.53 Å². The Balaban J connectivity index is 2.42. The summed E-state index contributed by atoms with van der Waals surface area (Å²) < 4.78 is 4.79. The number of nitrogens with zero attached hydrogens (tertiary/aromatic N) is 3. The summed E-state index contributed by atoms with van der Waals surface area (Å²) in [7, 11) is 0. The lowest BCUT2D eigenvalue weighted by atomic mass is 10.3. The molecule has 1 N–H and O–H groups in total. The molecule has 16 heavy (non-hydrogen) atoms. The Bertz CT molecular complexity index is 364. The number of rotatable bonds is 5. The van der Waals surface area contributed by atoms with Crippen molar-refractivity contribution in [3.05, 3.63) is 18.3 Å². The van der Waals surface area contributed by atoms with Gasteiger partial charge in [0.25, 0.3) is 0 Å². The summed E-state index contributed by atoms with van der Waals surface area (Å²) in [6.45, 7) is 3.88. The molecule has 0 aliphatic rings. The average Bonchev–Trinajstić information content (AvgIpc) is 2.28. The summed E-state index contributed by atoms with van der Waals surface area (Å²) in [5, 5.41) is 11.4. The Morgan fingerprint density at radius 1 is 1.62 bits per heavy atom. The summed E-state index contributed by atoms with van der Waals surface area (Å²) in [5.41, 5.74) is 3.33. The van der Waals surface area contributed by atoms with E-state index in [2.05, 4.69) is 20.7 Å². The molecule has 1 rings (SSSR count). The van der Waals surface area contributed by atoms with Crippen molar-refractivity contribution in [1.29, 1.82) is 0 Å². The standard InChI is InChI=1S/C10H14N4O2/c1-3-16-10(15)7-8(2)12-14-9-5-4-6-11-13-9/h4-6H,3,7H2,1-2H3,(H,13,14). The van der Waals surface area contributed by atoms with Gasteiger partial charge in [-0.25, -0.2) is 0 Å². The van der Waals surface area contributed by atoms with E-state index < -0.39 is 0 Å². The second-order valence-corrected chi connectivity index (χ2v) is 3.05. The summed E-state index contributed by atoms with van der Waals surface area (Å²) >= 11 is 0. The zero-order chi connectivity index (χ0) is 11.8. The molecule has 1 heterocycles. The maximum Gasteiger partial charge on any atom is 0.311 e. The number of anilines is 1. The van der Waals surface area contributed by atoms with Crippen LogP contribution >= 0.6 is 0 Å². The molecule has 0 aliphatic carbocycles. The van der Waals surface area contributed by atoms with Crippen LogP contribution in [0.2, 0.25) is 0 Å². The smallest absolute Gasteiger partial charge is 0.311 e. The Hall–Kier alpha value is -1.98. The monoisotopic (exact) mass is 222 g/mol.